The molecule has 0 spiro atoms. The molecule has 0 aliphatic carbocycles. The van der Waals surface area contributed by atoms with Gasteiger partial charge in [0.2, 0.25) is 0 Å². The van der Waals surface area contributed by atoms with Gasteiger partial charge in [0.15, 0.2) is 0 Å². The number of hydrogen-bond donors (Lipinski definition) is 1. The number of phenols is 1. The Morgan fingerprint density at radius 3 is 2.67 bits per heavy atom. The fourth-order valence-corrected chi connectivity index (χ4v) is 2.08. The third-order valence-corrected chi connectivity index (χ3v) is 3.49. The van der Waals surface area contributed by atoms with Crippen LogP contribution in [0.15, 0.2) is 18.2 Å². The summed E-state index contributed by atoms with van der Waals surface area (Å²) in [5.74, 6) is 0.137. The molecular formula is C14H20BrNO2. The summed E-state index contributed by atoms with van der Waals surface area (Å²) in [7, 11) is 1.80. The normalized spacial score (nSPS) is 10.4. The molecule has 0 unspecified atom stereocenters. The van der Waals surface area contributed by atoms with Crippen LogP contribution in [0.2, 0.25) is 0 Å². The van der Waals surface area contributed by atoms with Crippen LogP contribution in [-0.4, -0.2) is 34.8 Å². The van der Waals surface area contributed by atoms with E-state index >= 15 is 0 Å². The summed E-state index contributed by atoms with van der Waals surface area (Å²) in [6.45, 7) is 2.56. The van der Waals surface area contributed by atoms with Crippen molar-refractivity contribution in [3.05, 3.63) is 29.3 Å². The largest absolute Gasteiger partial charge is 0.508 e. The van der Waals surface area contributed by atoms with E-state index in [2.05, 4.69) is 15.9 Å². The van der Waals surface area contributed by atoms with Gasteiger partial charge in [-0.05, 0) is 37.5 Å². The number of phenolic OH excluding ortho intramolecular Hbond substituents is 1. The summed E-state index contributed by atoms with van der Waals surface area (Å²) in [6.07, 6.45) is 3.25. The molecule has 0 aliphatic heterocycles. The number of aryl methyl sites for hydroxylation is 1. The maximum atomic E-state index is 12.1. The van der Waals surface area contributed by atoms with Crippen LogP contribution in [-0.2, 0) is 0 Å². The molecule has 0 radical (unpaired) electrons. The molecule has 1 rings (SSSR count). The Bertz CT molecular complexity index is 407. The highest BCUT2D eigenvalue weighted by atomic mass is 79.9. The van der Waals surface area contributed by atoms with Crippen molar-refractivity contribution in [1.82, 2.24) is 4.90 Å². The molecule has 1 N–H and O–H groups in total. The monoisotopic (exact) mass is 313 g/mol. The molecule has 0 saturated carbocycles. The van der Waals surface area contributed by atoms with Gasteiger partial charge < -0.3 is 10.0 Å². The molecule has 100 valence electrons. The summed E-state index contributed by atoms with van der Waals surface area (Å²) < 4.78 is 0. The van der Waals surface area contributed by atoms with E-state index in [0.717, 1.165) is 36.7 Å². The molecule has 4 heteroatoms. The summed E-state index contributed by atoms with van der Waals surface area (Å²) in [4.78, 5) is 13.8. The minimum Gasteiger partial charge on any atom is -0.508 e. The molecule has 3 nitrogen and oxygen atoms in total. The van der Waals surface area contributed by atoms with Gasteiger partial charge in [0.1, 0.15) is 5.75 Å². The Labute approximate surface area is 117 Å². The summed E-state index contributed by atoms with van der Waals surface area (Å²) >= 11 is 3.39. The fourth-order valence-electron chi connectivity index (χ4n) is 1.68. The first kappa shape index (κ1) is 15.0. The lowest BCUT2D eigenvalue weighted by atomic mass is 10.1. The van der Waals surface area contributed by atoms with Crippen LogP contribution in [0, 0.1) is 6.92 Å². The van der Waals surface area contributed by atoms with E-state index in [-0.39, 0.29) is 11.7 Å². The Morgan fingerprint density at radius 2 is 2.06 bits per heavy atom. The summed E-state index contributed by atoms with van der Waals surface area (Å²) in [6, 6.07) is 5.06. The lowest BCUT2D eigenvalue weighted by Gasteiger charge is -2.17. The number of unbranched alkanes of at least 4 members (excludes halogenated alkanes) is 2. The second-order valence-electron chi connectivity index (χ2n) is 4.48. The van der Waals surface area contributed by atoms with Gasteiger partial charge in [-0.3, -0.25) is 4.79 Å². The minimum atomic E-state index is -0.0378. The van der Waals surface area contributed by atoms with Crippen LogP contribution in [0.4, 0.5) is 0 Å². The van der Waals surface area contributed by atoms with Crippen molar-refractivity contribution in [1.29, 1.82) is 0 Å². The van der Waals surface area contributed by atoms with Gasteiger partial charge in [-0.25, -0.2) is 0 Å². The average Bonchev–Trinajstić information content (AvgIpc) is 2.37. The molecule has 1 amide bonds. The van der Waals surface area contributed by atoms with Crippen LogP contribution in [0.25, 0.3) is 0 Å². The SMILES string of the molecule is Cc1ccc(C(=O)N(C)CCCCCBr)cc1O. The van der Waals surface area contributed by atoms with Gasteiger partial charge >= 0.3 is 0 Å². The van der Waals surface area contributed by atoms with Gasteiger partial charge in [0, 0.05) is 24.5 Å². The third-order valence-electron chi connectivity index (χ3n) is 2.93. The Balaban J connectivity index is 2.54. The molecule has 0 bridgehead atoms. The zero-order valence-electron chi connectivity index (χ0n) is 10.9. The predicted octanol–water partition coefficient (Wildman–Crippen LogP) is 3.34. The smallest absolute Gasteiger partial charge is 0.253 e. The van der Waals surface area contributed by atoms with E-state index in [0.29, 0.717) is 5.56 Å². The average molecular weight is 314 g/mol. The second-order valence-corrected chi connectivity index (χ2v) is 5.27. The highest BCUT2D eigenvalue weighted by Crippen LogP contribution is 2.18. The Hall–Kier alpha value is -1.03. The van der Waals surface area contributed by atoms with Crippen molar-refractivity contribution < 1.29 is 9.90 Å². The van der Waals surface area contributed by atoms with E-state index in [1.165, 1.54) is 6.07 Å². The first-order valence-electron chi connectivity index (χ1n) is 6.17. The molecule has 0 heterocycles. The number of carbonyl (C=O) groups excluding carboxylic acids is 1. The molecule has 0 aromatic heterocycles. The van der Waals surface area contributed by atoms with Crippen LogP contribution < -0.4 is 0 Å². The standard InChI is InChI=1S/C14H20BrNO2/c1-11-6-7-12(10-13(11)17)14(18)16(2)9-5-3-4-8-15/h6-7,10,17H,3-5,8-9H2,1-2H3. The van der Waals surface area contributed by atoms with Crippen molar-refractivity contribution in [2.45, 2.75) is 26.2 Å². The van der Waals surface area contributed by atoms with Gasteiger partial charge in [0.25, 0.3) is 5.91 Å². The first-order chi connectivity index (χ1) is 8.56. The number of alkyl halides is 1. The molecule has 0 aliphatic rings. The maximum Gasteiger partial charge on any atom is 0.253 e. The van der Waals surface area contributed by atoms with Crippen molar-refractivity contribution >= 4 is 21.8 Å². The highest BCUT2D eigenvalue weighted by molar-refractivity contribution is 9.09. The van der Waals surface area contributed by atoms with Crippen molar-refractivity contribution in [3.63, 3.8) is 0 Å². The lowest BCUT2D eigenvalue weighted by molar-refractivity contribution is 0.0792. The number of aromatic hydroxyl groups is 1. The van der Waals surface area contributed by atoms with Crippen molar-refractivity contribution in [3.8, 4) is 5.75 Å². The van der Waals surface area contributed by atoms with Gasteiger partial charge in [-0.1, -0.05) is 28.4 Å². The van der Waals surface area contributed by atoms with E-state index in [4.69, 9.17) is 0 Å². The van der Waals surface area contributed by atoms with Crippen molar-refractivity contribution in [2.75, 3.05) is 18.9 Å². The maximum absolute atomic E-state index is 12.1. The quantitative estimate of drug-likeness (QED) is 0.646. The van der Waals surface area contributed by atoms with Gasteiger partial charge in [-0.15, -0.1) is 0 Å². The molecular weight excluding hydrogens is 294 g/mol. The van der Waals surface area contributed by atoms with E-state index in [1.54, 1.807) is 24.1 Å². The predicted molar refractivity (Wildman–Crippen MR) is 77.4 cm³/mol. The number of hydrogen-bond acceptors (Lipinski definition) is 2. The second kappa shape index (κ2) is 7.41. The Kier molecular flexibility index (Phi) is 6.19. The zero-order valence-corrected chi connectivity index (χ0v) is 12.5. The molecule has 0 saturated heterocycles. The highest BCUT2D eigenvalue weighted by Gasteiger charge is 2.12. The molecule has 18 heavy (non-hydrogen) atoms. The lowest BCUT2D eigenvalue weighted by Crippen LogP contribution is -2.27. The van der Waals surface area contributed by atoms with Crippen LogP contribution in [0.1, 0.15) is 35.2 Å². The van der Waals surface area contributed by atoms with Crippen molar-refractivity contribution in [2.24, 2.45) is 0 Å². The summed E-state index contributed by atoms with van der Waals surface area (Å²) in [5.41, 5.74) is 1.33. The number of halogens is 1. The molecule has 1 aromatic rings. The van der Waals surface area contributed by atoms with E-state index in [1.807, 2.05) is 6.92 Å². The number of nitrogens with zero attached hydrogens (tertiary/aromatic N) is 1. The number of carbonyl (C=O) groups is 1. The summed E-state index contributed by atoms with van der Waals surface area (Å²) in [5, 5.41) is 10.6. The first-order valence-corrected chi connectivity index (χ1v) is 7.29. The molecule has 1 aromatic carbocycles. The van der Waals surface area contributed by atoms with Gasteiger partial charge in [0.05, 0.1) is 0 Å². The van der Waals surface area contributed by atoms with Crippen LogP contribution in [0.3, 0.4) is 0 Å². The third kappa shape index (κ3) is 4.33. The number of amides is 1. The van der Waals surface area contributed by atoms with E-state index in [9.17, 15) is 9.90 Å². The number of benzene rings is 1. The number of rotatable bonds is 6. The minimum absolute atomic E-state index is 0.0378. The molecule has 0 atom stereocenters. The fraction of sp³-hybridized carbons (Fsp3) is 0.500. The Morgan fingerprint density at radius 1 is 1.33 bits per heavy atom. The van der Waals surface area contributed by atoms with Gasteiger partial charge in [-0.2, -0.15) is 0 Å². The van der Waals surface area contributed by atoms with E-state index < -0.39 is 0 Å². The van der Waals surface area contributed by atoms with Crippen LogP contribution in [0.5, 0.6) is 5.75 Å². The van der Waals surface area contributed by atoms with Crippen LogP contribution >= 0.6 is 15.9 Å². The molecule has 0 fully saturated rings. The zero-order chi connectivity index (χ0) is 13.5. The topological polar surface area (TPSA) is 40.5 Å².